The number of hydrogen-bond donors (Lipinski definition) is 0. The maximum atomic E-state index is 12.0. The number of benzene rings is 1. The minimum atomic E-state index is -3.47. The average molecular weight is 334 g/mol. The number of hydrogen-bond acceptors (Lipinski definition) is 6. The highest BCUT2D eigenvalue weighted by Crippen LogP contribution is 2.20. The van der Waals surface area contributed by atoms with Gasteiger partial charge in [-0.2, -0.15) is 4.98 Å². The zero-order valence-corrected chi connectivity index (χ0v) is 14.0. The van der Waals surface area contributed by atoms with E-state index in [1.165, 1.54) is 0 Å². The zero-order chi connectivity index (χ0) is 16.6. The van der Waals surface area contributed by atoms with Crippen molar-refractivity contribution in [3.05, 3.63) is 36.0 Å². The summed E-state index contributed by atoms with van der Waals surface area (Å²) in [5.41, 5.74) is 1.34. The van der Waals surface area contributed by atoms with Crippen LogP contribution in [0.2, 0.25) is 0 Å². The van der Waals surface area contributed by atoms with E-state index in [-0.39, 0.29) is 11.7 Å². The van der Waals surface area contributed by atoms with Gasteiger partial charge in [0.2, 0.25) is 20.9 Å². The smallest absolute Gasteiger partial charge is 0.246 e. The molecule has 0 aliphatic heterocycles. The standard InChI is InChI=1S/C15H18N4O3S/c1-10(2)8-13-17-14(22-18-13)9-19-12-7-5-4-6-11(12)16-15(19)23(3,20)21/h4-7,10H,8-9H2,1-3H3. The highest BCUT2D eigenvalue weighted by molar-refractivity contribution is 7.90. The predicted octanol–water partition coefficient (Wildman–Crippen LogP) is 2.07. The molecule has 7 nitrogen and oxygen atoms in total. The summed E-state index contributed by atoms with van der Waals surface area (Å²) in [5, 5.41) is 3.94. The maximum Gasteiger partial charge on any atom is 0.246 e. The van der Waals surface area contributed by atoms with Crippen LogP contribution in [0.4, 0.5) is 0 Å². The number of rotatable bonds is 5. The van der Waals surface area contributed by atoms with Gasteiger partial charge in [-0.15, -0.1) is 0 Å². The first-order valence-electron chi connectivity index (χ1n) is 7.31. The van der Waals surface area contributed by atoms with Crippen molar-refractivity contribution >= 4 is 20.9 Å². The molecule has 0 aliphatic rings. The normalized spacial score (nSPS) is 12.3. The largest absolute Gasteiger partial charge is 0.337 e. The molecule has 0 atom stereocenters. The molecule has 0 spiro atoms. The van der Waals surface area contributed by atoms with Crippen molar-refractivity contribution in [2.45, 2.75) is 32.0 Å². The molecule has 0 amide bonds. The van der Waals surface area contributed by atoms with Crippen LogP contribution in [0.3, 0.4) is 0 Å². The van der Waals surface area contributed by atoms with Gasteiger partial charge in [0.15, 0.2) is 5.82 Å². The van der Waals surface area contributed by atoms with Crippen LogP contribution in [0, 0.1) is 5.92 Å². The third-order valence-corrected chi connectivity index (χ3v) is 4.32. The summed E-state index contributed by atoms with van der Waals surface area (Å²) in [5.74, 6) is 1.41. The Kier molecular flexibility index (Phi) is 3.93. The van der Waals surface area contributed by atoms with Gasteiger partial charge in [-0.05, 0) is 18.1 Å². The molecule has 0 N–H and O–H groups in total. The molecule has 0 bridgehead atoms. The van der Waals surface area contributed by atoms with Crippen LogP contribution >= 0.6 is 0 Å². The van der Waals surface area contributed by atoms with E-state index in [2.05, 4.69) is 29.0 Å². The summed E-state index contributed by atoms with van der Waals surface area (Å²) in [6.07, 6.45) is 1.86. The third kappa shape index (κ3) is 3.26. The molecular weight excluding hydrogens is 316 g/mol. The Balaban J connectivity index is 2.03. The summed E-state index contributed by atoms with van der Waals surface area (Å²) in [6.45, 7) is 4.32. The molecule has 0 saturated carbocycles. The lowest BCUT2D eigenvalue weighted by molar-refractivity contribution is 0.362. The van der Waals surface area contributed by atoms with Crippen molar-refractivity contribution in [2.24, 2.45) is 5.92 Å². The summed E-state index contributed by atoms with van der Waals surface area (Å²) in [7, 11) is -3.47. The Labute approximate surface area is 134 Å². The van der Waals surface area contributed by atoms with Gasteiger partial charge in [0.1, 0.15) is 6.54 Å². The van der Waals surface area contributed by atoms with E-state index in [0.29, 0.717) is 29.6 Å². The van der Waals surface area contributed by atoms with Gasteiger partial charge in [-0.25, -0.2) is 13.4 Å². The molecule has 0 unspecified atom stereocenters. The fourth-order valence-corrected chi connectivity index (χ4v) is 3.25. The first kappa shape index (κ1) is 15.7. The lowest BCUT2D eigenvalue weighted by Crippen LogP contribution is -2.10. The van der Waals surface area contributed by atoms with Crippen molar-refractivity contribution in [3.63, 3.8) is 0 Å². The molecule has 0 aliphatic carbocycles. The van der Waals surface area contributed by atoms with E-state index < -0.39 is 9.84 Å². The quantitative estimate of drug-likeness (QED) is 0.709. The van der Waals surface area contributed by atoms with Gasteiger partial charge < -0.3 is 9.09 Å². The summed E-state index contributed by atoms with van der Waals surface area (Å²) < 4.78 is 30.9. The van der Waals surface area contributed by atoms with Crippen LogP contribution in [0.25, 0.3) is 11.0 Å². The summed E-state index contributed by atoms with van der Waals surface area (Å²) >= 11 is 0. The number of sulfone groups is 1. The molecule has 3 rings (SSSR count). The second kappa shape index (κ2) is 5.77. The first-order chi connectivity index (χ1) is 10.8. The third-order valence-electron chi connectivity index (χ3n) is 3.35. The van der Waals surface area contributed by atoms with E-state index in [0.717, 1.165) is 11.8 Å². The first-order valence-corrected chi connectivity index (χ1v) is 9.20. The zero-order valence-electron chi connectivity index (χ0n) is 13.2. The molecule has 0 radical (unpaired) electrons. The number of aromatic nitrogens is 4. The van der Waals surface area contributed by atoms with Crippen molar-refractivity contribution in [1.82, 2.24) is 19.7 Å². The van der Waals surface area contributed by atoms with Gasteiger partial charge in [-0.3, -0.25) is 0 Å². The van der Waals surface area contributed by atoms with Crippen LogP contribution in [-0.2, 0) is 22.8 Å². The second-order valence-electron chi connectivity index (χ2n) is 5.94. The monoisotopic (exact) mass is 334 g/mol. The van der Waals surface area contributed by atoms with Gasteiger partial charge in [0.05, 0.1) is 11.0 Å². The highest BCUT2D eigenvalue weighted by atomic mass is 32.2. The lowest BCUT2D eigenvalue weighted by atomic mass is 10.1. The number of nitrogens with zero attached hydrogens (tertiary/aromatic N) is 4. The fourth-order valence-electron chi connectivity index (χ4n) is 2.43. The molecule has 2 heterocycles. The molecule has 1 aromatic carbocycles. The second-order valence-corrected chi connectivity index (χ2v) is 7.85. The molecular formula is C15H18N4O3S. The molecule has 3 aromatic rings. The van der Waals surface area contributed by atoms with E-state index in [1.54, 1.807) is 10.6 Å². The van der Waals surface area contributed by atoms with Crippen molar-refractivity contribution in [2.75, 3.05) is 6.26 Å². The summed E-state index contributed by atoms with van der Waals surface area (Å²) in [4.78, 5) is 8.55. The Morgan fingerprint density at radius 3 is 2.65 bits per heavy atom. The van der Waals surface area contributed by atoms with E-state index in [1.807, 2.05) is 18.2 Å². The van der Waals surface area contributed by atoms with Gasteiger partial charge >= 0.3 is 0 Å². The minimum absolute atomic E-state index is 0.00214. The minimum Gasteiger partial charge on any atom is -0.337 e. The van der Waals surface area contributed by atoms with Gasteiger partial charge in [0.25, 0.3) is 0 Å². The van der Waals surface area contributed by atoms with Gasteiger partial charge in [0, 0.05) is 12.7 Å². The molecule has 122 valence electrons. The van der Waals surface area contributed by atoms with Crippen LogP contribution < -0.4 is 0 Å². The SMILES string of the molecule is CC(C)Cc1noc(Cn2c(S(C)(=O)=O)nc3ccccc32)n1. The number of imidazole rings is 1. The Hall–Kier alpha value is -2.22. The molecule has 23 heavy (non-hydrogen) atoms. The van der Waals surface area contributed by atoms with Gasteiger partial charge in [-0.1, -0.05) is 31.1 Å². The van der Waals surface area contributed by atoms with Crippen LogP contribution in [-0.4, -0.2) is 34.4 Å². The van der Waals surface area contributed by atoms with Crippen LogP contribution in [0.1, 0.15) is 25.6 Å². The summed E-state index contributed by atoms with van der Waals surface area (Å²) in [6, 6.07) is 7.25. The van der Waals surface area contributed by atoms with E-state index in [9.17, 15) is 8.42 Å². The van der Waals surface area contributed by atoms with Crippen LogP contribution in [0.15, 0.2) is 33.9 Å². The van der Waals surface area contributed by atoms with Crippen LogP contribution in [0.5, 0.6) is 0 Å². The molecule has 2 aromatic heterocycles. The van der Waals surface area contributed by atoms with Crippen molar-refractivity contribution in [3.8, 4) is 0 Å². The number of fused-ring (bicyclic) bond motifs is 1. The number of para-hydroxylation sites is 2. The fraction of sp³-hybridized carbons (Fsp3) is 0.400. The molecule has 0 fully saturated rings. The lowest BCUT2D eigenvalue weighted by Gasteiger charge is -2.04. The Bertz CT molecular complexity index is 941. The van der Waals surface area contributed by atoms with Crippen molar-refractivity contribution in [1.29, 1.82) is 0 Å². The Morgan fingerprint density at radius 1 is 1.22 bits per heavy atom. The Morgan fingerprint density at radius 2 is 1.96 bits per heavy atom. The van der Waals surface area contributed by atoms with E-state index >= 15 is 0 Å². The van der Waals surface area contributed by atoms with Crippen molar-refractivity contribution < 1.29 is 12.9 Å². The topological polar surface area (TPSA) is 90.9 Å². The average Bonchev–Trinajstić information content (AvgIpc) is 3.03. The van der Waals surface area contributed by atoms with E-state index in [4.69, 9.17) is 4.52 Å². The molecule has 0 saturated heterocycles. The maximum absolute atomic E-state index is 12.0. The highest BCUT2D eigenvalue weighted by Gasteiger charge is 2.21. The molecule has 8 heteroatoms. The predicted molar refractivity (Wildman–Crippen MR) is 84.8 cm³/mol.